The molecule has 0 amide bonds. The Labute approximate surface area is 102 Å². The van der Waals surface area contributed by atoms with Gasteiger partial charge in [0.25, 0.3) is 0 Å². The van der Waals surface area contributed by atoms with Crippen LogP contribution in [0.15, 0.2) is 24.3 Å². The SMILES string of the molecule is [CH2-]c1ccccc1OC(F)(F)F.[Cl-].[Mg+2]. The molecule has 0 fully saturated rings. The van der Waals surface area contributed by atoms with Crippen molar-refractivity contribution < 1.29 is 30.3 Å². The van der Waals surface area contributed by atoms with Crippen molar-refractivity contribution in [3.63, 3.8) is 0 Å². The van der Waals surface area contributed by atoms with Crippen molar-refractivity contribution in [3.8, 4) is 5.75 Å². The van der Waals surface area contributed by atoms with Crippen molar-refractivity contribution in [3.05, 3.63) is 36.8 Å². The third-order valence-corrected chi connectivity index (χ3v) is 1.20. The van der Waals surface area contributed by atoms with Crippen LogP contribution >= 0.6 is 0 Å². The molecule has 0 atom stereocenters. The molecule has 0 radical (unpaired) electrons. The van der Waals surface area contributed by atoms with Gasteiger partial charge in [-0.05, 0) is 0 Å². The molecule has 0 N–H and O–H groups in total. The van der Waals surface area contributed by atoms with Gasteiger partial charge in [0.15, 0.2) is 0 Å². The summed E-state index contributed by atoms with van der Waals surface area (Å²) < 4.78 is 38.7. The summed E-state index contributed by atoms with van der Waals surface area (Å²) in [4.78, 5) is 0. The molecule has 1 aromatic carbocycles. The first-order valence-corrected chi connectivity index (χ1v) is 3.16. The number of hydrogen-bond acceptors (Lipinski definition) is 1. The Morgan fingerprint density at radius 2 is 1.64 bits per heavy atom. The van der Waals surface area contributed by atoms with E-state index in [2.05, 4.69) is 11.7 Å². The van der Waals surface area contributed by atoms with Gasteiger partial charge in [0.1, 0.15) is 0 Å². The van der Waals surface area contributed by atoms with Crippen LogP contribution in [0.25, 0.3) is 0 Å². The minimum absolute atomic E-state index is 0. The van der Waals surface area contributed by atoms with Crippen LogP contribution in [0.1, 0.15) is 5.56 Å². The molecule has 14 heavy (non-hydrogen) atoms. The Balaban J connectivity index is 0. The van der Waals surface area contributed by atoms with Crippen molar-refractivity contribution in [1.82, 2.24) is 0 Å². The molecule has 0 heterocycles. The molecule has 1 aromatic rings. The maximum absolute atomic E-state index is 11.7. The van der Waals surface area contributed by atoms with Gasteiger partial charge in [-0.15, -0.1) is 19.2 Å². The minimum atomic E-state index is -4.65. The molecular formula is C8H6ClF3MgO. The van der Waals surface area contributed by atoms with Gasteiger partial charge < -0.3 is 17.1 Å². The smallest absolute Gasteiger partial charge is 1.00 e. The van der Waals surface area contributed by atoms with E-state index in [1.54, 1.807) is 6.07 Å². The van der Waals surface area contributed by atoms with E-state index in [0.29, 0.717) is 0 Å². The summed E-state index contributed by atoms with van der Waals surface area (Å²) in [5, 5.41) is 0. The van der Waals surface area contributed by atoms with Crippen LogP contribution in [0.2, 0.25) is 0 Å². The van der Waals surface area contributed by atoms with Gasteiger partial charge in [-0.25, -0.2) is 0 Å². The molecule has 0 aromatic heterocycles. The minimum Gasteiger partial charge on any atom is -1.00 e. The molecular weight excluding hydrogens is 229 g/mol. The standard InChI is InChI=1S/C8H6F3O.ClH.Mg/c1-6-4-2-3-5-7(6)12-8(9,10)11;;/h2-5H,1H2;1H;/q-1;;+2/p-1. The van der Waals surface area contributed by atoms with Gasteiger partial charge in [0.2, 0.25) is 0 Å². The van der Waals surface area contributed by atoms with E-state index in [0.717, 1.165) is 0 Å². The van der Waals surface area contributed by atoms with Crippen LogP contribution in [0.5, 0.6) is 5.75 Å². The van der Waals surface area contributed by atoms with Gasteiger partial charge in [-0.2, -0.15) is 18.6 Å². The number of rotatable bonds is 1. The van der Waals surface area contributed by atoms with E-state index in [9.17, 15) is 13.2 Å². The quantitative estimate of drug-likeness (QED) is 0.466. The number of para-hydroxylation sites is 1. The van der Waals surface area contributed by atoms with E-state index in [4.69, 9.17) is 0 Å². The van der Waals surface area contributed by atoms with E-state index < -0.39 is 6.36 Å². The molecule has 74 valence electrons. The van der Waals surface area contributed by atoms with E-state index in [1.807, 2.05) is 0 Å². The van der Waals surface area contributed by atoms with Gasteiger partial charge in [-0.1, -0.05) is 12.1 Å². The molecule has 6 heteroatoms. The maximum atomic E-state index is 11.7. The molecule has 0 aliphatic carbocycles. The fourth-order valence-corrected chi connectivity index (χ4v) is 0.728. The average Bonchev–Trinajstić information content (AvgIpc) is 1.91. The summed E-state index contributed by atoms with van der Waals surface area (Å²) in [6.45, 7) is 3.38. The average molecular weight is 235 g/mol. The number of alkyl halides is 3. The summed E-state index contributed by atoms with van der Waals surface area (Å²) in [6, 6.07) is 5.71. The molecule has 0 spiro atoms. The van der Waals surface area contributed by atoms with Gasteiger partial charge in [0, 0.05) is 5.75 Å². The summed E-state index contributed by atoms with van der Waals surface area (Å²) in [7, 11) is 0. The van der Waals surface area contributed by atoms with Crippen molar-refractivity contribution in [2.45, 2.75) is 6.36 Å². The van der Waals surface area contributed by atoms with Crippen LogP contribution in [-0.2, 0) is 0 Å². The second-order valence-corrected chi connectivity index (χ2v) is 2.16. The second-order valence-electron chi connectivity index (χ2n) is 2.16. The molecule has 0 bridgehead atoms. The third-order valence-electron chi connectivity index (χ3n) is 1.20. The normalized spacial score (nSPS) is 9.64. The van der Waals surface area contributed by atoms with Crippen LogP contribution in [0.4, 0.5) is 13.2 Å². The summed E-state index contributed by atoms with van der Waals surface area (Å²) >= 11 is 0. The Bertz CT molecular complexity index is 278. The zero-order chi connectivity index (χ0) is 9.19. The second kappa shape index (κ2) is 6.26. The zero-order valence-corrected chi connectivity index (χ0v) is 9.31. The van der Waals surface area contributed by atoms with Crippen LogP contribution in [0.3, 0.4) is 0 Å². The fourth-order valence-electron chi connectivity index (χ4n) is 0.728. The predicted octanol–water partition coefficient (Wildman–Crippen LogP) is -0.609. The summed E-state index contributed by atoms with van der Waals surface area (Å²) in [6.07, 6.45) is -4.65. The van der Waals surface area contributed by atoms with Crippen LogP contribution in [-0.4, -0.2) is 29.4 Å². The first kappa shape index (κ1) is 16.2. The Kier molecular flexibility index (Phi) is 7.24. The predicted molar refractivity (Wildman–Crippen MR) is 43.3 cm³/mol. The first-order chi connectivity index (χ1) is 5.49. The zero-order valence-electron chi connectivity index (χ0n) is 7.14. The van der Waals surface area contributed by atoms with Gasteiger partial charge in [-0.3, -0.25) is 0 Å². The van der Waals surface area contributed by atoms with E-state index in [-0.39, 0.29) is 46.8 Å². The van der Waals surface area contributed by atoms with Gasteiger partial charge >= 0.3 is 29.4 Å². The summed E-state index contributed by atoms with van der Waals surface area (Å²) in [5.74, 6) is -0.259. The molecule has 0 aliphatic heterocycles. The molecule has 0 aliphatic rings. The Morgan fingerprint density at radius 1 is 1.14 bits per heavy atom. The first-order valence-electron chi connectivity index (χ1n) is 3.16. The summed E-state index contributed by atoms with van der Waals surface area (Å²) in [5.41, 5.74) is 0.217. The molecule has 0 unspecified atom stereocenters. The number of benzene rings is 1. The number of halogens is 4. The van der Waals surface area contributed by atoms with E-state index in [1.165, 1.54) is 18.2 Å². The van der Waals surface area contributed by atoms with Crippen molar-refractivity contribution in [2.75, 3.05) is 0 Å². The Morgan fingerprint density at radius 3 is 2.07 bits per heavy atom. The number of ether oxygens (including phenoxy) is 1. The van der Waals surface area contributed by atoms with Crippen molar-refractivity contribution in [2.24, 2.45) is 0 Å². The maximum Gasteiger partial charge on any atom is 2.00 e. The van der Waals surface area contributed by atoms with Gasteiger partial charge in [0.05, 0.1) is 0 Å². The molecule has 1 rings (SSSR count). The molecule has 0 saturated heterocycles. The number of hydrogen-bond donors (Lipinski definition) is 0. The van der Waals surface area contributed by atoms with Crippen molar-refractivity contribution in [1.29, 1.82) is 0 Å². The van der Waals surface area contributed by atoms with E-state index >= 15 is 0 Å². The van der Waals surface area contributed by atoms with Crippen LogP contribution < -0.4 is 17.1 Å². The third kappa shape index (κ3) is 5.46. The largest absolute Gasteiger partial charge is 2.00 e. The fraction of sp³-hybridized carbons (Fsp3) is 0.125. The molecule has 0 saturated carbocycles. The van der Waals surface area contributed by atoms with Crippen molar-refractivity contribution >= 4 is 23.1 Å². The topological polar surface area (TPSA) is 9.23 Å². The monoisotopic (exact) mass is 234 g/mol. The molecule has 1 nitrogen and oxygen atoms in total. The van der Waals surface area contributed by atoms with Crippen LogP contribution in [0, 0.1) is 6.92 Å². The Hall–Kier alpha value is -0.264.